The first-order chi connectivity index (χ1) is 24.1. The molecule has 0 aliphatic carbocycles. The van der Waals surface area contributed by atoms with E-state index in [1.807, 2.05) is 75.6 Å². The van der Waals surface area contributed by atoms with Gasteiger partial charge in [0.2, 0.25) is 5.95 Å². The summed E-state index contributed by atoms with van der Waals surface area (Å²) in [5.41, 5.74) is -0.554. The molecule has 0 radical (unpaired) electrons. The van der Waals surface area contributed by atoms with Gasteiger partial charge in [-0.05, 0) is 88.9 Å². The Balaban J connectivity index is 1.30. The van der Waals surface area contributed by atoms with E-state index in [1.165, 1.54) is 6.07 Å². The van der Waals surface area contributed by atoms with Crippen LogP contribution in [0.25, 0.3) is 32.8 Å². The molecule has 270 valence electrons. The van der Waals surface area contributed by atoms with Gasteiger partial charge in [0.25, 0.3) is 0 Å². The topological polar surface area (TPSA) is 112 Å². The molecule has 11 nitrogen and oxygen atoms in total. The third-order valence-electron chi connectivity index (χ3n) is 9.57. The lowest BCUT2D eigenvalue weighted by molar-refractivity contribution is 0.0122. The number of anilines is 2. The van der Waals surface area contributed by atoms with E-state index in [9.17, 15) is 14.7 Å². The fourth-order valence-corrected chi connectivity index (χ4v) is 7.70. The fraction of sp³-hybridized carbons (Fsp3) is 0.474. The van der Waals surface area contributed by atoms with E-state index in [2.05, 4.69) is 4.90 Å². The van der Waals surface area contributed by atoms with Gasteiger partial charge in [0.15, 0.2) is 5.82 Å². The second-order valence-corrected chi connectivity index (χ2v) is 16.0. The Bertz CT molecular complexity index is 2010. The summed E-state index contributed by atoms with van der Waals surface area (Å²) in [5.74, 6) is 0.222. The fourth-order valence-electron chi connectivity index (χ4n) is 7.40. The summed E-state index contributed by atoms with van der Waals surface area (Å²) in [6, 6.07) is 12.1. The van der Waals surface area contributed by atoms with Gasteiger partial charge in [-0.15, -0.1) is 0 Å². The zero-order valence-electron chi connectivity index (χ0n) is 29.9. The number of hydrogen-bond donors (Lipinski definition) is 1. The molecule has 2 atom stereocenters. The van der Waals surface area contributed by atoms with Crippen LogP contribution >= 0.6 is 11.6 Å². The summed E-state index contributed by atoms with van der Waals surface area (Å²) in [5, 5.41) is 12.7. The predicted octanol–water partition coefficient (Wildman–Crippen LogP) is 7.59. The Morgan fingerprint density at radius 2 is 1.47 bits per heavy atom. The first kappa shape index (κ1) is 34.9. The van der Waals surface area contributed by atoms with E-state index >= 15 is 4.39 Å². The Kier molecular flexibility index (Phi) is 8.80. The number of fused-ring (bicyclic) bond motifs is 4. The van der Waals surface area contributed by atoms with Crippen LogP contribution in [0.5, 0.6) is 5.75 Å². The molecule has 4 heterocycles. The highest BCUT2D eigenvalue weighted by Gasteiger charge is 2.45. The first-order valence-corrected chi connectivity index (χ1v) is 17.8. The Hall–Kier alpha value is -4.58. The second kappa shape index (κ2) is 12.9. The number of piperazine rings is 2. The van der Waals surface area contributed by atoms with Crippen LogP contribution in [-0.4, -0.2) is 99.6 Å². The van der Waals surface area contributed by atoms with Crippen molar-refractivity contribution >= 4 is 57.2 Å². The number of hydrogen-bond acceptors (Lipinski definition) is 9. The molecule has 2 amide bonds. The van der Waals surface area contributed by atoms with E-state index < -0.39 is 17.0 Å². The summed E-state index contributed by atoms with van der Waals surface area (Å²) in [7, 11) is 0. The molecule has 3 aliphatic rings. The largest absolute Gasteiger partial charge is 0.508 e. The molecule has 1 N–H and O–H groups in total. The van der Waals surface area contributed by atoms with Gasteiger partial charge in [-0.1, -0.05) is 35.9 Å². The SMILES string of the molecule is CC(C)(C)OC(=O)N1CCN(c2nc(N3C[C@H]4CC[C@@H](C3)N4C(=O)OC(C)(C)C)c3cc(Cl)c(-c4cc(O)cc5ccccc45)c(F)c3n2)CC1. The quantitative estimate of drug-likeness (QED) is 0.229. The van der Waals surface area contributed by atoms with Gasteiger partial charge in [0, 0.05) is 50.2 Å². The van der Waals surface area contributed by atoms with Crippen LogP contribution in [0.3, 0.4) is 0 Å². The van der Waals surface area contributed by atoms with E-state index in [4.69, 9.17) is 31.0 Å². The van der Waals surface area contributed by atoms with Crippen LogP contribution in [0, 0.1) is 5.82 Å². The highest BCUT2D eigenvalue weighted by atomic mass is 35.5. The molecule has 7 rings (SSSR count). The summed E-state index contributed by atoms with van der Waals surface area (Å²) in [4.78, 5) is 43.5. The molecular formula is C38H44ClFN6O5. The number of nitrogens with zero attached hydrogens (tertiary/aromatic N) is 6. The summed E-state index contributed by atoms with van der Waals surface area (Å²) < 4.78 is 28.5. The van der Waals surface area contributed by atoms with Crippen molar-refractivity contribution in [3.8, 4) is 16.9 Å². The van der Waals surface area contributed by atoms with Crippen LogP contribution in [0.1, 0.15) is 54.4 Å². The summed E-state index contributed by atoms with van der Waals surface area (Å²) >= 11 is 6.96. The molecule has 0 saturated carbocycles. The van der Waals surface area contributed by atoms with Crippen LogP contribution in [0.15, 0.2) is 42.5 Å². The number of phenolic OH excluding ortho intramolecular Hbond substituents is 1. The van der Waals surface area contributed by atoms with Gasteiger partial charge in [-0.3, -0.25) is 4.90 Å². The molecule has 13 heteroatoms. The maximum absolute atomic E-state index is 17.2. The van der Waals surface area contributed by atoms with Crippen molar-refractivity contribution in [2.24, 2.45) is 0 Å². The standard InChI is InChI=1S/C38H44ClFN6O5/c1-37(2,3)50-35(48)44-15-13-43(14-16-44)34-41-32-28(19-29(39)30(31(32)40)27-18-25(47)17-22-9-7-8-10-26(22)27)33(42-34)45-20-23-11-12-24(21-45)46(23)36(49)51-38(4,5)6/h7-10,17-19,23-24,47H,11-16,20-21H2,1-6H3/t23-,24+. The minimum atomic E-state index is -0.624. The predicted molar refractivity (Wildman–Crippen MR) is 196 cm³/mol. The first-order valence-electron chi connectivity index (χ1n) is 17.5. The van der Waals surface area contributed by atoms with Gasteiger partial charge in [-0.25, -0.2) is 19.0 Å². The number of carbonyl (C=O) groups excluding carboxylic acids is 2. The van der Waals surface area contributed by atoms with Crippen molar-refractivity contribution in [2.45, 2.75) is 77.7 Å². The number of phenols is 1. The number of aromatic hydroxyl groups is 1. The molecule has 0 spiro atoms. The van der Waals surface area contributed by atoms with Gasteiger partial charge in [0.1, 0.15) is 28.3 Å². The highest BCUT2D eigenvalue weighted by Crippen LogP contribution is 2.43. The van der Waals surface area contributed by atoms with Crippen molar-refractivity contribution in [2.75, 3.05) is 49.1 Å². The third-order valence-corrected chi connectivity index (χ3v) is 9.87. The van der Waals surface area contributed by atoms with Gasteiger partial charge >= 0.3 is 12.2 Å². The van der Waals surface area contributed by atoms with E-state index in [0.29, 0.717) is 62.0 Å². The minimum Gasteiger partial charge on any atom is -0.508 e. The van der Waals surface area contributed by atoms with Gasteiger partial charge in [0.05, 0.1) is 17.1 Å². The lowest BCUT2D eigenvalue weighted by Gasteiger charge is -2.42. The summed E-state index contributed by atoms with van der Waals surface area (Å²) in [6.07, 6.45) is 0.909. The maximum Gasteiger partial charge on any atom is 0.410 e. The molecule has 4 aromatic rings. The number of ether oxygens (including phenoxy) is 2. The molecular weight excluding hydrogens is 675 g/mol. The van der Waals surface area contributed by atoms with Gasteiger partial charge < -0.3 is 29.3 Å². The average Bonchev–Trinajstić information content (AvgIpc) is 3.32. The lowest BCUT2D eigenvalue weighted by atomic mass is 9.96. The van der Waals surface area contributed by atoms with Crippen molar-refractivity contribution < 1.29 is 28.6 Å². The lowest BCUT2D eigenvalue weighted by Crippen LogP contribution is -2.57. The van der Waals surface area contributed by atoms with E-state index in [1.54, 1.807) is 17.0 Å². The van der Waals surface area contributed by atoms with Crippen LogP contribution in [-0.2, 0) is 9.47 Å². The van der Waals surface area contributed by atoms with Crippen LogP contribution in [0.4, 0.5) is 25.7 Å². The number of amides is 2. The number of halogens is 2. The molecule has 0 unspecified atom stereocenters. The molecule has 51 heavy (non-hydrogen) atoms. The van der Waals surface area contributed by atoms with Crippen LogP contribution < -0.4 is 9.80 Å². The molecule has 1 aromatic heterocycles. The molecule has 3 aliphatic heterocycles. The van der Waals surface area contributed by atoms with Crippen molar-refractivity contribution in [1.82, 2.24) is 19.8 Å². The Morgan fingerprint density at radius 1 is 0.843 bits per heavy atom. The molecule has 3 fully saturated rings. The Labute approximate surface area is 301 Å². The number of aromatic nitrogens is 2. The second-order valence-electron chi connectivity index (χ2n) is 15.6. The summed E-state index contributed by atoms with van der Waals surface area (Å²) in [6.45, 7) is 13.6. The molecule has 3 saturated heterocycles. The van der Waals surface area contributed by atoms with Crippen molar-refractivity contribution in [3.05, 3.63) is 53.3 Å². The number of carbonyl (C=O) groups is 2. The van der Waals surface area contributed by atoms with E-state index in [0.717, 1.165) is 23.6 Å². The average molecular weight is 719 g/mol. The highest BCUT2D eigenvalue weighted by molar-refractivity contribution is 6.35. The zero-order valence-corrected chi connectivity index (χ0v) is 30.6. The smallest absolute Gasteiger partial charge is 0.410 e. The zero-order chi connectivity index (χ0) is 36.4. The maximum atomic E-state index is 17.2. The van der Waals surface area contributed by atoms with Crippen LogP contribution in [0.2, 0.25) is 5.02 Å². The third kappa shape index (κ3) is 6.90. The molecule has 3 aromatic carbocycles. The van der Waals surface area contributed by atoms with Crippen molar-refractivity contribution in [3.63, 3.8) is 0 Å². The Morgan fingerprint density at radius 3 is 2.12 bits per heavy atom. The normalized spacial score (nSPS) is 19.6. The number of rotatable bonds is 3. The minimum absolute atomic E-state index is 0.00970. The van der Waals surface area contributed by atoms with Gasteiger partial charge in [-0.2, -0.15) is 4.98 Å². The number of benzene rings is 3. The van der Waals surface area contributed by atoms with Crippen molar-refractivity contribution in [1.29, 1.82) is 0 Å². The monoisotopic (exact) mass is 718 g/mol. The molecule has 2 bridgehead atoms. The van der Waals surface area contributed by atoms with E-state index in [-0.39, 0.29) is 46.1 Å².